The Balaban J connectivity index is 2.23. The van der Waals surface area contributed by atoms with E-state index in [9.17, 15) is 4.79 Å². The maximum absolute atomic E-state index is 11.0. The Morgan fingerprint density at radius 2 is 2.05 bits per heavy atom. The lowest BCUT2D eigenvalue weighted by atomic mass is 10.1. The molecule has 20 heavy (non-hydrogen) atoms. The smallest absolute Gasteiger partial charge is 0.233 e. The molecule has 0 aliphatic heterocycles. The molecule has 0 radical (unpaired) electrons. The molecular weight excluding hydrogens is 254 g/mol. The lowest BCUT2D eigenvalue weighted by Crippen LogP contribution is -2.29. The van der Waals surface area contributed by atoms with Crippen molar-refractivity contribution in [3.05, 3.63) is 29.8 Å². The van der Waals surface area contributed by atoms with Gasteiger partial charge in [-0.3, -0.25) is 10.2 Å². The highest BCUT2D eigenvalue weighted by molar-refractivity contribution is 5.75. The number of carbonyl (C=O) groups is 1. The minimum Gasteiger partial charge on any atom is -0.496 e. The predicted octanol–water partition coefficient (Wildman–Crippen LogP) is 1.68. The van der Waals surface area contributed by atoms with E-state index < -0.39 is 0 Å². The third-order valence-electron chi connectivity index (χ3n) is 3.24. The van der Waals surface area contributed by atoms with Gasteiger partial charge in [0.2, 0.25) is 5.91 Å². The molecule has 0 bridgehead atoms. The summed E-state index contributed by atoms with van der Waals surface area (Å²) in [5.74, 6) is 5.87. The number of benzene rings is 1. The molecule has 0 unspecified atom stereocenters. The van der Waals surface area contributed by atoms with Gasteiger partial charge in [-0.1, -0.05) is 24.6 Å². The number of methoxy groups -OCH3 is 1. The van der Waals surface area contributed by atoms with Crippen LogP contribution in [0.2, 0.25) is 0 Å². The number of unbranched alkanes of at least 4 members (excludes halogenated alkanes) is 2. The van der Waals surface area contributed by atoms with Crippen molar-refractivity contribution in [2.75, 3.05) is 20.7 Å². The van der Waals surface area contributed by atoms with E-state index in [2.05, 4.69) is 23.4 Å². The van der Waals surface area contributed by atoms with Gasteiger partial charge in [0.15, 0.2) is 0 Å². The van der Waals surface area contributed by atoms with Gasteiger partial charge in [-0.25, -0.2) is 5.84 Å². The maximum Gasteiger partial charge on any atom is 0.233 e. The summed E-state index contributed by atoms with van der Waals surface area (Å²) in [4.78, 5) is 13.2. The van der Waals surface area contributed by atoms with Crippen LogP contribution >= 0.6 is 0 Å². The van der Waals surface area contributed by atoms with E-state index in [-0.39, 0.29) is 5.91 Å². The zero-order valence-corrected chi connectivity index (χ0v) is 12.4. The van der Waals surface area contributed by atoms with Crippen molar-refractivity contribution in [2.45, 2.75) is 32.2 Å². The second kappa shape index (κ2) is 9.34. The van der Waals surface area contributed by atoms with Crippen molar-refractivity contribution >= 4 is 5.91 Å². The molecule has 0 saturated carbocycles. The number of amides is 1. The van der Waals surface area contributed by atoms with Gasteiger partial charge in [0.05, 0.1) is 7.11 Å². The van der Waals surface area contributed by atoms with Gasteiger partial charge in [-0.05, 0) is 32.5 Å². The molecule has 1 aromatic carbocycles. The van der Waals surface area contributed by atoms with E-state index in [0.717, 1.165) is 38.1 Å². The van der Waals surface area contributed by atoms with Gasteiger partial charge >= 0.3 is 0 Å². The Kier molecular flexibility index (Phi) is 7.69. The van der Waals surface area contributed by atoms with Crippen molar-refractivity contribution < 1.29 is 9.53 Å². The van der Waals surface area contributed by atoms with E-state index >= 15 is 0 Å². The summed E-state index contributed by atoms with van der Waals surface area (Å²) in [6.07, 6.45) is 3.49. The predicted molar refractivity (Wildman–Crippen MR) is 80.1 cm³/mol. The van der Waals surface area contributed by atoms with E-state index in [1.165, 1.54) is 5.56 Å². The summed E-state index contributed by atoms with van der Waals surface area (Å²) in [6.45, 7) is 1.87. The van der Waals surface area contributed by atoms with Crippen LogP contribution in [0.3, 0.4) is 0 Å². The second-order valence-corrected chi connectivity index (χ2v) is 4.93. The Bertz CT molecular complexity index is 410. The summed E-state index contributed by atoms with van der Waals surface area (Å²) in [6, 6.07) is 8.07. The number of para-hydroxylation sites is 1. The molecule has 0 atom stereocenters. The van der Waals surface area contributed by atoms with Crippen LogP contribution in [0.4, 0.5) is 0 Å². The van der Waals surface area contributed by atoms with Gasteiger partial charge in [0.1, 0.15) is 5.75 Å². The molecule has 0 aliphatic carbocycles. The van der Waals surface area contributed by atoms with Crippen LogP contribution in [0, 0.1) is 0 Å². The van der Waals surface area contributed by atoms with Crippen LogP contribution in [0.5, 0.6) is 5.75 Å². The number of nitrogens with zero attached hydrogens (tertiary/aromatic N) is 1. The Labute approximate surface area is 121 Å². The fraction of sp³-hybridized carbons (Fsp3) is 0.533. The average molecular weight is 279 g/mol. The summed E-state index contributed by atoms with van der Waals surface area (Å²) in [7, 11) is 3.79. The number of hydrogen-bond acceptors (Lipinski definition) is 4. The Hall–Kier alpha value is -1.59. The first-order valence-corrected chi connectivity index (χ1v) is 6.97. The zero-order chi connectivity index (χ0) is 14.8. The lowest BCUT2D eigenvalue weighted by Gasteiger charge is -2.18. The van der Waals surface area contributed by atoms with Crippen molar-refractivity contribution in [3.8, 4) is 5.75 Å². The summed E-state index contributed by atoms with van der Waals surface area (Å²) in [5.41, 5.74) is 3.34. The number of ether oxygens (including phenoxy) is 1. The fourth-order valence-electron chi connectivity index (χ4n) is 2.12. The van der Waals surface area contributed by atoms with Crippen molar-refractivity contribution in [1.29, 1.82) is 0 Å². The normalized spacial score (nSPS) is 10.6. The van der Waals surface area contributed by atoms with Gasteiger partial charge in [0, 0.05) is 18.5 Å². The molecule has 0 spiro atoms. The van der Waals surface area contributed by atoms with Gasteiger partial charge in [-0.15, -0.1) is 0 Å². The monoisotopic (exact) mass is 279 g/mol. The number of nitrogens with one attached hydrogen (secondary N) is 1. The first-order valence-electron chi connectivity index (χ1n) is 6.97. The minimum absolute atomic E-state index is 0.0904. The molecule has 0 fully saturated rings. The second-order valence-electron chi connectivity index (χ2n) is 4.93. The molecule has 1 amide bonds. The molecule has 1 rings (SSSR count). The maximum atomic E-state index is 11.0. The number of carbonyl (C=O) groups excluding carboxylic acids is 1. The molecule has 112 valence electrons. The highest BCUT2D eigenvalue weighted by atomic mass is 16.5. The Morgan fingerprint density at radius 1 is 1.30 bits per heavy atom. The molecule has 1 aromatic rings. The van der Waals surface area contributed by atoms with Crippen LogP contribution in [0.1, 0.15) is 31.2 Å². The third kappa shape index (κ3) is 6.04. The molecule has 0 aromatic heterocycles. The van der Waals surface area contributed by atoms with E-state index in [0.29, 0.717) is 6.42 Å². The molecular formula is C15H25N3O2. The topological polar surface area (TPSA) is 67.6 Å². The van der Waals surface area contributed by atoms with Crippen molar-refractivity contribution in [1.82, 2.24) is 10.3 Å². The minimum atomic E-state index is -0.0904. The van der Waals surface area contributed by atoms with Crippen LogP contribution in [0.15, 0.2) is 24.3 Å². The number of hydrazine groups is 1. The molecule has 5 heteroatoms. The largest absolute Gasteiger partial charge is 0.496 e. The van der Waals surface area contributed by atoms with E-state index in [4.69, 9.17) is 10.6 Å². The van der Waals surface area contributed by atoms with Crippen LogP contribution in [-0.2, 0) is 11.3 Å². The summed E-state index contributed by atoms with van der Waals surface area (Å²) < 4.78 is 5.35. The van der Waals surface area contributed by atoms with Gasteiger partial charge in [0.25, 0.3) is 0 Å². The van der Waals surface area contributed by atoms with Crippen molar-refractivity contribution in [2.24, 2.45) is 5.84 Å². The number of hydrogen-bond donors (Lipinski definition) is 2. The molecule has 0 saturated heterocycles. The quantitative estimate of drug-likeness (QED) is 0.312. The lowest BCUT2D eigenvalue weighted by molar-refractivity contribution is -0.121. The zero-order valence-electron chi connectivity index (χ0n) is 12.4. The standard InChI is InChI=1S/C15H25N3O2/c1-18(11-7-3-4-10-15(19)17-16)12-13-8-5-6-9-14(13)20-2/h5-6,8-9H,3-4,7,10-12,16H2,1-2H3,(H,17,19). The highest BCUT2D eigenvalue weighted by Gasteiger charge is 2.05. The fourth-order valence-corrected chi connectivity index (χ4v) is 2.12. The molecule has 0 heterocycles. The van der Waals surface area contributed by atoms with Crippen LogP contribution in [0.25, 0.3) is 0 Å². The van der Waals surface area contributed by atoms with Crippen molar-refractivity contribution in [3.63, 3.8) is 0 Å². The summed E-state index contributed by atoms with van der Waals surface area (Å²) in [5, 5.41) is 0. The SMILES string of the molecule is COc1ccccc1CN(C)CCCCCC(=O)NN. The summed E-state index contributed by atoms with van der Waals surface area (Å²) >= 11 is 0. The Morgan fingerprint density at radius 3 is 2.75 bits per heavy atom. The van der Waals surface area contributed by atoms with Crippen LogP contribution in [-0.4, -0.2) is 31.5 Å². The molecule has 3 N–H and O–H groups in total. The number of rotatable bonds is 9. The van der Waals surface area contributed by atoms with Crippen LogP contribution < -0.4 is 16.0 Å². The average Bonchev–Trinajstić information content (AvgIpc) is 2.47. The van der Waals surface area contributed by atoms with E-state index in [1.807, 2.05) is 18.2 Å². The first-order chi connectivity index (χ1) is 9.67. The molecule has 5 nitrogen and oxygen atoms in total. The third-order valence-corrected chi connectivity index (χ3v) is 3.24. The number of nitrogens with two attached hydrogens (primary N) is 1. The molecule has 0 aliphatic rings. The van der Waals surface area contributed by atoms with Gasteiger partial charge in [-0.2, -0.15) is 0 Å². The first kappa shape index (κ1) is 16.5. The highest BCUT2D eigenvalue weighted by Crippen LogP contribution is 2.18. The van der Waals surface area contributed by atoms with Gasteiger partial charge < -0.3 is 9.64 Å². The van der Waals surface area contributed by atoms with E-state index in [1.54, 1.807) is 7.11 Å².